The first-order chi connectivity index (χ1) is 7.78. The molecule has 0 spiro atoms. The largest absolute Gasteiger partial charge is 0.490 e. The zero-order valence-electron chi connectivity index (χ0n) is 9.12. The molecule has 2 nitrogen and oxygen atoms in total. The van der Waals surface area contributed by atoms with Crippen LogP contribution in [0.2, 0.25) is 0 Å². The van der Waals surface area contributed by atoms with Crippen LogP contribution in [0.5, 0.6) is 5.75 Å². The van der Waals surface area contributed by atoms with Crippen molar-refractivity contribution in [1.29, 1.82) is 0 Å². The van der Waals surface area contributed by atoms with Crippen molar-refractivity contribution in [2.24, 2.45) is 0 Å². The lowest BCUT2D eigenvalue weighted by atomic mass is 9.90. The minimum Gasteiger partial charge on any atom is -0.490 e. The van der Waals surface area contributed by atoms with Crippen LogP contribution in [0.3, 0.4) is 0 Å². The zero-order chi connectivity index (χ0) is 11.0. The van der Waals surface area contributed by atoms with Crippen molar-refractivity contribution in [2.75, 3.05) is 6.61 Å². The molecule has 1 unspecified atom stereocenters. The third-order valence-electron chi connectivity index (χ3n) is 3.50. The average molecular weight is 283 g/mol. The van der Waals surface area contributed by atoms with Gasteiger partial charge in [0, 0.05) is 4.47 Å². The number of hydrogen-bond acceptors (Lipinski definition) is 2. The predicted octanol–water partition coefficient (Wildman–Crippen LogP) is 3.54. The number of ether oxygens (including phenoxy) is 2. The molecule has 3 rings (SSSR count). The van der Waals surface area contributed by atoms with Gasteiger partial charge in [-0.2, -0.15) is 0 Å². The van der Waals surface area contributed by atoms with Gasteiger partial charge in [-0.05, 0) is 31.0 Å². The fraction of sp³-hybridized carbons (Fsp3) is 0.538. The van der Waals surface area contributed by atoms with Gasteiger partial charge in [-0.15, -0.1) is 0 Å². The summed E-state index contributed by atoms with van der Waals surface area (Å²) in [6, 6.07) is 7.98. The number of halogens is 1. The van der Waals surface area contributed by atoms with Crippen LogP contribution in [-0.2, 0) is 4.74 Å². The first-order valence-electron chi connectivity index (χ1n) is 5.85. The molecule has 0 amide bonds. The molecular formula is C13H15BrO2. The highest BCUT2D eigenvalue weighted by Crippen LogP contribution is 2.47. The molecule has 0 aromatic heterocycles. The van der Waals surface area contributed by atoms with Gasteiger partial charge in [-0.3, -0.25) is 0 Å². The van der Waals surface area contributed by atoms with Gasteiger partial charge in [-0.25, -0.2) is 0 Å². The molecule has 1 saturated heterocycles. The lowest BCUT2D eigenvalue weighted by Crippen LogP contribution is -2.27. The molecule has 2 atom stereocenters. The van der Waals surface area contributed by atoms with Crippen LogP contribution >= 0.6 is 15.9 Å². The van der Waals surface area contributed by atoms with Gasteiger partial charge < -0.3 is 9.47 Å². The lowest BCUT2D eigenvalue weighted by molar-refractivity contribution is 0.179. The first kappa shape index (κ1) is 10.6. The van der Waals surface area contributed by atoms with Gasteiger partial charge in [0.2, 0.25) is 0 Å². The molecule has 2 fully saturated rings. The van der Waals surface area contributed by atoms with E-state index in [0.29, 0.717) is 12.7 Å². The normalized spacial score (nSPS) is 31.9. The molecule has 1 aromatic carbocycles. The molecule has 0 radical (unpaired) electrons. The molecule has 86 valence electrons. The summed E-state index contributed by atoms with van der Waals surface area (Å²) in [6.45, 7) is 0.702. The number of benzene rings is 1. The van der Waals surface area contributed by atoms with E-state index in [1.165, 1.54) is 19.3 Å². The molecule has 1 saturated carbocycles. The second-order valence-electron chi connectivity index (χ2n) is 4.66. The number of hydrogen-bond donors (Lipinski definition) is 0. The van der Waals surface area contributed by atoms with E-state index in [2.05, 4.69) is 15.9 Å². The van der Waals surface area contributed by atoms with E-state index in [9.17, 15) is 0 Å². The van der Waals surface area contributed by atoms with Gasteiger partial charge in [0.05, 0.1) is 6.10 Å². The second kappa shape index (κ2) is 4.04. The quantitative estimate of drug-likeness (QED) is 0.791. The lowest BCUT2D eigenvalue weighted by Gasteiger charge is -2.17. The second-order valence-corrected chi connectivity index (χ2v) is 5.58. The van der Waals surface area contributed by atoms with Gasteiger partial charge in [0.25, 0.3) is 0 Å². The Morgan fingerprint density at radius 2 is 2.38 bits per heavy atom. The molecule has 3 heteroatoms. The molecule has 16 heavy (non-hydrogen) atoms. The van der Waals surface area contributed by atoms with Gasteiger partial charge in [-0.1, -0.05) is 34.8 Å². The van der Waals surface area contributed by atoms with Crippen LogP contribution in [0.15, 0.2) is 28.7 Å². The summed E-state index contributed by atoms with van der Waals surface area (Å²) in [7, 11) is 0. The molecule has 2 aliphatic rings. The van der Waals surface area contributed by atoms with Crippen LogP contribution in [0.4, 0.5) is 0 Å². The summed E-state index contributed by atoms with van der Waals surface area (Å²) in [5.74, 6) is 0.920. The van der Waals surface area contributed by atoms with Crippen LogP contribution in [0, 0.1) is 0 Å². The smallest absolute Gasteiger partial charge is 0.129 e. The number of fused-ring (bicyclic) bond motifs is 1. The number of rotatable bonds is 3. The monoisotopic (exact) mass is 282 g/mol. The SMILES string of the molecule is Brc1cccc(OC[C@@]23CCCCC2O3)c1. The maximum absolute atomic E-state index is 5.82. The Morgan fingerprint density at radius 3 is 3.19 bits per heavy atom. The Hall–Kier alpha value is -0.540. The summed E-state index contributed by atoms with van der Waals surface area (Å²) in [5.41, 5.74) is 0.0561. The minimum absolute atomic E-state index is 0.0561. The summed E-state index contributed by atoms with van der Waals surface area (Å²) < 4.78 is 12.7. The van der Waals surface area contributed by atoms with E-state index in [1.54, 1.807) is 0 Å². The van der Waals surface area contributed by atoms with Crippen molar-refractivity contribution in [3.63, 3.8) is 0 Å². The molecule has 0 bridgehead atoms. The standard InChI is InChI=1S/C13H15BrO2/c14-10-4-3-5-11(8-10)15-9-13-7-2-1-6-12(13)16-13/h3-5,8,12H,1-2,6-7,9H2/t12?,13-/m0/s1. The molecular weight excluding hydrogens is 268 g/mol. The summed E-state index contributed by atoms with van der Waals surface area (Å²) >= 11 is 3.44. The van der Waals surface area contributed by atoms with Crippen LogP contribution in [0.1, 0.15) is 25.7 Å². The topological polar surface area (TPSA) is 21.8 Å². The molecule has 1 aromatic rings. The van der Waals surface area contributed by atoms with Gasteiger partial charge in [0.1, 0.15) is 18.0 Å². The van der Waals surface area contributed by atoms with E-state index in [1.807, 2.05) is 24.3 Å². The molecule has 0 N–H and O–H groups in total. The maximum atomic E-state index is 5.82. The number of epoxide rings is 1. The van der Waals surface area contributed by atoms with Gasteiger partial charge >= 0.3 is 0 Å². The summed E-state index contributed by atoms with van der Waals surface area (Å²) in [6.07, 6.45) is 5.42. The van der Waals surface area contributed by atoms with Crippen LogP contribution in [0.25, 0.3) is 0 Å². The third-order valence-corrected chi connectivity index (χ3v) is 4.00. The zero-order valence-corrected chi connectivity index (χ0v) is 10.7. The highest BCUT2D eigenvalue weighted by Gasteiger charge is 2.57. The Morgan fingerprint density at radius 1 is 1.44 bits per heavy atom. The van der Waals surface area contributed by atoms with Crippen LogP contribution < -0.4 is 4.74 Å². The average Bonchev–Trinajstić information content (AvgIpc) is 3.01. The molecule has 1 aliphatic heterocycles. The Labute approximate surface area is 104 Å². The minimum atomic E-state index is 0.0561. The van der Waals surface area contributed by atoms with Crippen molar-refractivity contribution >= 4 is 15.9 Å². The first-order valence-corrected chi connectivity index (χ1v) is 6.64. The van der Waals surface area contributed by atoms with Crippen molar-refractivity contribution in [2.45, 2.75) is 37.4 Å². The van der Waals surface area contributed by atoms with E-state index < -0.39 is 0 Å². The van der Waals surface area contributed by atoms with E-state index in [-0.39, 0.29) is 5.60 Å². The van der Waals surface area contributed by atoms with E-state index in [0.717, 1.165) is 16.6 Å². The predicted molar refractivity (Wildman–Crippen MR) is 65.7 cm³/mol. The van der Waals surface area contributed by atoms with E-state index in [4.69, 9.17) is 9.47 Å². The Balaban J connectivity index is 1.61. The summed E-state index contributed by atoms with van der Waals surface area (Å²) in [5, 5.41) is 0. The van der Waals surface area contributed by atoms with E-state index >= 15 is 0 Å². The summed E-state index contributed by atoms with van der Waals surface area (Å²) in [4.78, 5) is 0. The van der Waals surface area contributed by atoms with Crippen molar-refractivity contribution in [3.8, 4) is 5.75 Å². The van der Waals surface area contributed by atoms with Crippen molar-refractivity contribution in [3.05, 3.63) is 28.7 Å². The Kier molecular flexibility index (Phi) is 2.68. The highest BCUT2D eigenvalue weighted by atomic mass is 79.9. The fourth-order valence-electron chi connectivity index (χ4n) is 2.51. The van der Waals surface area contributed by atoms with Crippen molar-refractivity contribution in [1.82, 2.24) is 0 Å². The molecule has 1 heterocycles. The van der Waals surface area contributed by atoms with Crippen molar-refractivity contribution < 1.29 is 9.47 Å². The fourth-order valence-corrected chi connectivity index (χ4v) is 2.88. The van der Waals surface area contributed by atoms with Gasteiger partial charge in [0.15, 0.2) is 0 Å². The molecule has 1 aliphatic carbocycles. The van der Waals surface area contributed by atoms with Crippen LogP contribution in [-0.4, -0.2) is 18.3 Å². The maximum Gasteiger partial charge on any atom is 0.129 e. The highest BCUT2D eigenvalue weighted by molar-refractivity contribution is 9.10. The third kappa shape index (κ3) is 1.98. The Bertz CT molecular complexity index is 393.